The number of anilines is 2. The number of rotatable bonds is 7. The standard InChI is InChI=1S/C18H22F3N5O/c1-3-26(4-2)16-10-9-13(11-23-16)12-24-17(22)25-14-7-5-6-8-15(14)27-18(19,20)21/h5-11H,3-4,12H2,1-2H3,(H3,22,24,25). The summed E-state index contributed by atoms with van der Waals surface area (Å²) in [4.78, 5) is 10.6. The second kappa shape index (κ2) is 9.11. The van der Waals surface area contributed by atoms with Gasteiger partial charge in [0, 0.05) is 19.3 Å². The highest BCUT2D eigenvalue weighted by molar-refractivity contribution is 5.93. The van der Waals surface area contributed by atoms with Crippen molar-refractivity contribution in [2.75, 3.05) is 23.3 Å². The van der Waals surface area contributed by atoms with Crippen LogP contribution in [0, 0.1) is 0 Å². The van der Waals surface area contributed by atoms with Crippen LogP contribution in [0.4, 0.5) is 24.7 Å². The molecule has 0 aliphatic rings. The Morgan fingerprint density at radius 1 is 1.19 bits per heavy atom. The third kappa shape index (κ3) is 6.36. The molecule has 1 aromatic carbocycles. The maximum atomic E-state index is 12.4. The molecule has 0 saturated carbocycles. The summed E-state index contributed by atoms with van der Waals surface area (Å²) in [6.45, 7) is 6.06. The minimum Gasteiger partial charge on any atom is -0.404 e. The second-order valence-electron chi connectivity index (χ2n) is 5.57. The Hall–Kier alpha value is -2.97. The van der Waals surface area contributed by atoms with Crippen LogP contribution in [0.3, 0.4) is 0 Å². The van der Waals surface area contributed by atoms with Crippen LogP contribution in [0.2, 0.25) is 0 Å². The summed E-state index contributed by atoms with van der Waals surface area (Å²) in [5.74, 6) is 0.464. The summed E-state index contributed by atoms with van der Waals surface area (Å²) < 4.78 is 41.3. The highest BCUT2D eigenvalue weighted by Crippen LogP contribution is 2.29. The lowest BCUT2D eigenvalue weighted by Crippen LogP contribution is -2.24. The second-order valence-corrected chi connectivity index (χ2v) is 5.57. The van der Waals surface area contributed by atoms with Crippen molar-refractivity contribution >= 4 is 17.5 Å². The average molecular weight is 381 g/mol. The zero-order valence-electron chi connectivity index (χ0n) is 15.1. The van der Waals surface area contributed by atoms with Gasteiger partial charge in [-0.05, 0) is 37.6 Å². The molecule has 0 aliphatic heterocycles. The van der Waals surface area contributed by atoms with Crippen LogP contribution in [0.25, 0.3) is 0 Å². The lowest BCUT2D eigenvalue weighted by Gasteiger charge is -2.19. The van der Waals surface area contributed by atoms with Crippen molar-refractivity contribution in [2.24, 2.45) is 10.7 Å². The molecule has 2 rings (SSSR count). The molecule has 2 aromatic rings. The van der Waals surface area contributed by atoms with Crippen LogP contribution >= 0.6 is 0 Å². The number of halogens is 3. The molecule has 0 atom stereocenters. The van der Waals surface area contributed by atoms with E-state index in [1.807, 2.05) is 12.1 Å². The molecule has 0 fully saturated rings. The van der Waals surface area contributed by atoms with Gasteiger partial charge in [-0.25, -0.2) is 9.98 Å². The van der Waals surface area contributed by atoms with Crippen LogP contribution in [0.15, 0.2) is 47.6 Å². The van der Waals surface area contributed by atoms with E-state index >= 15 is 0 Å². The van der Waals surface area contributed by atoms with Crippen LogP contribution in [0.1, 0.15) is 19.4 Å². The maximum Gasteiger partial charge on any atom is 0.573 e. The molecule has 9 heteroatoms. The number of guanidine groups is 1. The van der Waals surface area contributed by atoms with Crippen molar-refractivity contribution in [3.05, 3.63) is 48.2 Å². The molecular formula is C18H22F3N5O. The van der Waals surface area contributed by atoms with Gasteiger partial charge in [0.15, 0.2) is 11.7 Å². The molecule has 1 heterocycles. The summed E-state index contributed by atoms with van der Waals surface area (Å²) in [6.07, 6.45) is -3.09. The molecule has 0 bridgehead atoms. The Bertz CT molecular complexity index is 758. The van der Waals surface area contributed by atoms with Gasteiger partial charge < -0.3 is 20.7 Å². The Balaban J connectivity index is 2.03. The predicted octanol–water partition coefficient (Wildman–Crippen LogP) is 3.75. The Labute approximate surface area is 155 Å². The minimum atomic E-state index is -4.79. The summed E-state index contributed by atoms with van der Waals surface area (Å²) in [5, 5.41) is 2.63. The first-order valence-corrected chi connectivity index (χ1v) is 8.44. The van der Waals surface area contributed by atoms with E-state index in [-0.39, 0.29) is 23.9 Å². The van der Waals surface area contributed by atoms with Gasteiger partial charge in [-0.3, -0.25) is 0 Å². The van der Waals surface area contributed by atoms with Crippen molar-refractivity contribution in [3.8, 4) is 5.75 Å². The first-order valence-electron chi connectivity index (χ1n) is 8.44. The molecular weight excluding hydrogens is 359 g/mol. The minimum absolute atomic E-state index is 0.0268. The maximum absolute atomic E-state index is 12.4. The number of aromatic nitrogens is 1. The molecule has 27 heavy (non-hydrogen) atoms. The number of para-hydroxylation sites is 2. The van der Waals surface area contributed by atoms with E-state index in [0.29, 0.717) is 0 Å². The summed E-state index contributed by atoms with van der Waals surface area (Å²) in [7, 11) is 0. The number of pyridine rings is 1. The number of nitrogens with two attached hydrogens (primary N) is 1. The number of hydrogen-bond donors (Lipinski definition) is 2. The van der Waals surface area contributed by atoms with Gasteiger partial charge in [-0.2, -0.15) is 0 Å². The number of alkyl halides is 3. The van der Waals surface area contributed by atoms with Crippen LogP contribution in [-0.4, -0.2) is 30.4 Å². The third-order valence-electron chi connectivity index (χ3n) is 3.70. The van der Waals surface area contributed by atoms with Gasteiger partial charge >= 0.3 is 6.36 Å². The van der Waals surface area contributed by atoms with Gasteiger partial charge in [0.05, 0.1) is 12.2 Å². The Kier molecular flexibility index (Phi) is 6.86. The molecule has 0 spiro atoms. The smallest absolute Gasteiger partial charge is 0.404 e. The van der Waals surface area contributed by atoms with E-state index in [1.165, 1.54) is 18.2 Å². The Morgan fingerprint density at radius 3 is 2.48 bits per heavy atom. The molecule has 0 unspecified atom stereocenters. The van der Waals surface area contributed by atoms with Gasteiger partial charge in [0.25, 0.3) is 0 Å². The van der Waals surface area contributed by atoms with Gasteiger partial charge in [-0.1, -0.05) is 18.2 Å². The van der Waals surface area contributed by atoms with Crippen LogP contribution in [0.5, 0.6) is 5.75 Å². The lowest BCUT2D eigenvalue weighted by atomic mass is 10.3. The number of nitrogens with one attached hydrogen (secondary N) is 1. The molecule has 3 N–H and O–H groups in total. The average Bonchev–Trinajstić information content (AvgIpc) is 2.62. The number of nitrogens with zero attached hydrogens (tertiary/aromatic N) is 3. The largest absolute Gasteiger partial charge is 0.573 e. The van der Waals surface area contributed by atoms with Crippen molar-refractivity contribution in [1.82, 2.24) is 4.98 Å². The fraction of sp³-hybridized carbons (Fsp3) is 0.333. The van der Waals surface area contributed by atoms with Gasteiger partial charge in [-0.15, -0.1) is 13.2 Å². The number of benzene rings is 1. The van der Waals surface area contributed by atoms with E-state index in [2.05, 4.69) is 38.8 Å². The van der Waals surface area contributed by atoms with Crippen LogP contribution in [-0.2, 0) is 6.54 Å². The van der Waals surface area contributed by atoms with Gasteiger partial charge in [0.2, 0.25) is 0 Å². The fourth-order valence-corrected chi connectivity index (χ4v) is 2.38. The fourth-order valence-electron chi connectivity index (χ4n) is 2.38. The summed E-state index contributed by atoms with van der Waals surface area (Å²) in [5.41, 5.74) is 6.69. The summed E-state index contributed by atoms with van der Waals surface area (Å²) >= 11 is 0. The highest BCUT2D eigenvalue weighted by Gasteiger charge is 2.32. The van der Waals surface area contributed by atoms with Crippen molar-refractivity contribution in [2.45, 2.75) is 26.8 Å². The molecule has 0 amide bonds. The summed E-state index contributed by atoms with van der Waals surface area (Å²) in [6, 6.07) is 9.40. The number of aliphatic imine (C=N–C) groups is 1. The molecule has 146 valence electrons. The van der Waals surface area contributed by atoms with Crippen molar-refractivity contribution in [3.63, 3.8) is 0 Å². The van der Waals surface area contributed by atoms with E-state index in [4.69, 9.17) is 5.73 Å². The third-order valence-corrected chi connectivity index (χ3v) is 3.70. The zero-order chi connectivity index (χ0) is 19.9. The SMILES string of the molecule is CCN(CC)c1ccc(CN=C(N)Nc2ccccc2OC(F)(F)F)cn1. The van der Waals surface area contributed by atoms with Crippen molar-refractivity contribution in [1.29, 1.82) is 0 Å². The lowest BCUT2D eigenvalue weighted by molar-refractivity contribution is -0.274. The topological polar surface area (TPSA) is 75.8 Å². The Morgan fingerprint density at radius 2 is 1.89 bits per heavy atom. The molecule has 1 aromatic heterocycles. The van der Waals surface area contributed by atoms with E-state index in [9.17, 15) is 13.2 Å². The van der Waals surface area contributed by atoms with E-state index in [0.717, 1.165) is 24.5 Å². The zero-order valence-corrected chi connectivity index (χ0v) is 15.1. The predicted molar refractivity (Wildman–Crippen MR) is 99.9 cm³/mol. The van der Waals surface area contributed by atoms with Crippen LogP contribution < -0.4 is 20.7 Å². The molecule has 0 saturated heterocycles. The first kappa shape index (κ1) is 20.3. The first-order chi connectivity index (χ1) is 12.8. The van der Waals surface area contributed by atoms with E-state index in [1.54, 1.807) is 12.3 Å². The number of hydrogen-bond acceptors (Lipinski definition) is 4. The quantitative estimate of drug-likeness (QED) is 0.564. The molecule has 0 aliphatic carbocycles. The molecule has 0 radical (unpaired) electrons. The van der Waals surface area contributed by atoms with Crippen molar-refractivity contribution < 1.29 is 17.9 Å². The monoisotopic (exact) mass is 381 g/mol. The highest BCUT2D eigenvalue weighted by atomic mass is 19.4. The number of ether oxygens (including phenoxy) is 1. The molecule has 6 nitrogen and oxygen atoms in total. The normalized spacial score (nSPS) is 12.0. The van der Waals surface area contributed by atoms with E-state index < -0.39 is 6.36 Å². The van der Waals surface area contributed by atoms with Gasteiger partial charge in [0.1, 0.15) is 5.82 Å².